The normalized spacial score (nSPS) is 17.7. The van der Waals surface area contributed by atoms with Crippen molar-refractivity contribution in [3.05, 3.63) is 36.0 Å². The van der Waals surface area contributed by atoms with Crippen molar-refractivity contribution in [1.29, 1.82) is 0 Å². The Kier molecular flexibility index (Phi) is 11.2. The number of aromatic nitrogens is 1. The van der Waals surface area contributed by atoms with E-state index in [1.807, 2.05) is 21.9 Å². The van der Waals surface area contributed by atoms with E-state index in [9.17, 15) is 18.0 Å². The molecule has 2 fully saturated rings. The second-order valence-electron chi connectivity index (χ2n) is 8.61. The van der Waals surface area contributed by atoms with Gasteiger partial charge in [0.05, 0.1) is 17.4 Å². The molecule has 0 radical (unpaired) electrons. The minimum Gasteiger partial charge on any atom is -0.368 e. The van der Waals surface area contributed by atoms with Gasteiger partial charge in [-0.3, -0.25) is 9.69 Å². The number of anilines is 1. The van der Waals surface area contributed by atoms with Gasteiger partial charge in [-0.1, -0.05) is 24.6 Å². The number of alkyl halides is 3. The number of unbranched alkanes of at least 4 members (excludes halogenated alkanes) is 1. The minimum absolute atomic E-state index is 0. The third-order valence-electron chi connectivity index (χ3n) is 6.32. The van der Waals surface area contributed by atoms with Crippen LogP contribution in [0.1, 0.15) is 25.0 Å². The first-order valence-corrected chi connectivity index (χ1v) is 12.5. The molecule has 0 aliphatic carbocycles. The minimum atomic E-state index is -4.48. The van der Waals surface area contributed by atoms with E-state index < -0.39 is 17.9 Å². The molecule has 1 amide bonds. The van der Waals surface area contributed by atoms with Crippen molar-refractivity contribution in [1.82, 2.24) is 14.8 Å². The standard InChI is InChI=1S/C23H30F3N5OS.2ClH/c24-23(25,26)21-15-20(17-5-1-2-7-19(17)28-21)30-11-9-29(10-12-30)8-4-3-6-18(27)22(32)31-13-14-33-16-31;;/h1-2,5,7,15,18H,3-4,6,8-14,16,27H2;2*1H/t18-;;/m0../s1. The van der Waals surface area contributed by atoms with E-state index in [4.69, 9.17) is 5.73 Å². The highest BCUT2D eigenvalue weighted by atomic mass is 35.5. The summed E-state index contributed by atoms with van der Waals surface area (Å²) in [5.41, 5.74) is 6.19. The quantitative estimate of drug-likeness (QED) is 0.517. The van der Waals surface area contributed by atoms with Crippen molar-refractivity contribution in [3.8, 4) is 0 Å². The predicted octanol–water partition coefficient (Wildman–Crippen LogP) is 4.25. The van der Waals surface area contributed by atoms with Crippen molar-refractivity contribution < 1.29 is 18.0 Å². The molecule has 2 aliphatic rings. The number of piperazine rings is 1. The zero-order valence-electron chi connectivity index (χ0n) is 19.4. The number of carbonyl (C=O) groups excluding carboxylic acids is 1. The Morgan fingerprint density at radius 3 is 2.46 bits per heavy atom. The first-order valence-electron chi connectivity index (χ1n) is 11.4. The van der Waals surface area contributed by atoms with Crippen LogP contribution in [0, 0.1) is 0 Å². The maximum Gasteiger partial charge on any atom is 0.433 e. The van der Waals surface area contributed by atoms with Crippen molar-refractivity contribution in [2.24, 2.45) is 5.73 Å². The number of nitrogens with two attached hydrogens (primary N) is 1. The van der Waals surface area contributed by atoms with Crippen LogP contribution >= 0.6 is 36.6 Å². The summed E-state index contributed by atoms with van der Waals surface area (Å²) in [7, 11) is 0. The maximum atomic E-state index is 13.4. The Bertz CT molecular complexity index is 970. The highest BCUT2D eigenvalue weighted by molar-refractivity contribution is 7.99. The molecule has 4 rings (SSSR count). The van der Waals surface area contributed by atoms with Gasteiger partial charge in [0.1, 0.15) is 5.69 Å². The zero-order chi connectivity index (χ0) is 23.4. The number of rotatable bonds is 7. The third-order valence-corrected chi connectivity index (χ3v) is 7.28. The average Bonchev–Trinajstić information content (AvgIpc) is 3.35. The SMILES string of the molecule is Cl.Cl.N[C@@H](CCCCN1CCN(c2cc(C(F)(F)F)nc3ccccc23)CC1)C(=O)N1CCSC1. The van der Waals surface area contributed by atoms with Crippen molar-refractivity contribution >= 4 is 59.1 Å². The topological polar surface area (TPSA) is 65.7 Å². The smallest absolute Gasteiger partial charge is 0.368 e. The fourth-order valence-electron chi connectivity index (χ4n) is 4.42. The number of para-hydroxylation sites is 1. The van der Waals surface area contributed by atoms with Gasteiger partial charge in [-0.05, 0) is 31.5 Å². The highest BCUT2D eigenvalue weighted by Crippen LogP contribution is 2.35. The summed E-state index contributed by atoms with van der Waals surface area (Å²) in [6.07, 6.45) is -1.95. The van der Waals surface area contributed by atoms with Crippen molar-refractivity contribution in [2.75, 3.05) is 55.8 Å². The number of halogens is 5. The van der Waals surface area contributed by atoms with E-state index in [2.05, 4.69) is 9.88 Å². The average molecular weight is 555 g/mol. The lowest BCUT2D eigenvalue weighted by Crippen LogP contribution is -2.47. The monoisotopic (exact) mass is 553 g/mol. The number of amides is 1. The van der Waals surface area contributed by atoms with E-state index in [-0.39, 0.29) is 30.7 Å². The summed E-state index contributed by atoms with van der Waals surface area (Å²) in [6, 6.07) is 7.74. The Hall–Kier alpha value is -1.46. The molecule has 2 saturated heterocycles. The molecule has 6 nitrogen and oxygen atoms in total. The van der Waals surface area contributed by atoms with Gasteiger partial charge in [0.2, 0.25) is 5.91 Å². The number of hydrogen-bond donors (Lipinski definition) is 1. The van der Waals surface area contributed by atoms with Crippen LogP contribution in [0.15, 0.2) is 30.3 Å². The first kappa shape index (κ1) is 29.8. The molecular formula is C23H32Cl2F3N5OS. The van der Waals surface area contributed by atoms with Crippen LogP contribution in [0.3, 0.4) is 0 Å². The van der Waals surface area contributed by atoms with Gasteiger partial charge in [-0.2, -0.15) is 13.2 Å². The van der Waals surface area contributed by atoms with Crippen LogP contribution < -0.4 is 10.6 Å². The number of pyridine rings is 1. The van der Waals surface area contributed by atoms with Gasteiger partial charge in [-0.15, -0.1) is 36.6 Å². The Morgan fingerprint density at radius 2 is 1.80 bits per heavy atom. The molecule has 12 heteroatoms. The second-order valence-corrected chi connectivity index (χ2v) is 9.69. The molecule has 1 aromatic carbocycles. The maximum absolute atomic E-state index is 13.4. The van der Waals surface area contributed by atoms with E-state index >= 15 is 0 Å². The molecule has 2 aliphatic heterocycles. The van der Waals surface area contributed by atoms with E-state index in [0.29, 0.717) is 30.7 Å². The molecule has 0 saturated carbocycles. The number of nitrogens with zero attached hydrogens (tertiary/aromatic N) is 4. The first-order chi connectivity index (χ1) is 15.8. The Balaban J connectivity index is 0.00000216. The third kappa shape index (κ3) is 7.52. The van der Waals surface area contributed by atoms with Crippen molar-refractivity contribution in [3.63, 3.8) is 0 Å². The van der Waals surface area contributed by atoms with Crippen LogP contribution in [0.25, 0.3) is 10.9 Å². The van der Waals surface area contributed by atoms with Crippen LogP contribution in [-0.4, -0.2) is 77.6 Å². The summed E-state index contributed by atoms with van der Waals surface area (Å²) in [5.74, 6) is 1.78. The van der Waals surface area contributed by atoms with Gasteiger partial charge in [0.15, 0.2) is 0 Å². The molecule has 1 atom stereocenters. The fraction of sp³-hybridized carbons (Fsp3) is 0.565. The number of benzene rings is 1. The summed E-state index contributed by atoms with van der Waals surface area (Å²) >= 11 is 1.76. The Labute approximate surface area is 220 Å². The van der Waals surface area contributed by atoms with Gasteiger partial charge >= 0.3 is 6.18 Å². The largest absolute Gasteiger partial charge is 0.433 e. The van der Waals surface area contributed by atoms with E-state index in [1.54, 1.807) is 23.9 Å². The van der Waals surface area contributed by atoms with Crippen LogP contribution in [0.5, 0.6) is 0 Å². The van der Waals surface area contributed by atoms with Crippen LogP contribution in [-0.2, 0) is 11.0 Å². The van der Waals surface area contributed by atoms with Gasteiger partial charge < -0.3 is 15.5 Å². The number of hydrogen-bond acceptors (Lipinski definition) is 6. The van der Waals surface area contributed by atoms with Crippen LogP contribution in [0.2, 0.25) is 0 Å². The van der Waals surface area contributed by atoms with Gasteiger partial charge in [-0.25, -0.2) is 4.98 Å². The van der Waals surface area contributed by atoms with Gasteiger partial charge in [0, 0.05) is 49.6 Å². The number of fused-ring (bicyclic) bond motifs is 1. The zero-order valence-corrected chi connectivity index (χ0v) is 21.8. The molecule has 0 unspecified atom stereocenters. The van der Waals surface area contributed by atoms with Gasteiger partial charge in [0.25, 0.3) is 0 Å². The summed E-state index contributed by atoms with van der Waals surface area (Å²) in [5, 5.41) is 0.744. The summed E-state index contributed by atoms with van der Waals surface area (Å²) < 4.78 is 40.1. The number of thioether (sulfide) groups is 1. The highest BCUT2D eigenvalue weighted by Gasteiger charge is 2.34. The molecule has 1 aromatic heterocycles. The summed E-state index contributed by atoms with van der Waals surface area (Å²) in [6.45, 7) is 4.59. The molecule has 0 spiro atoms. The van der Waals surface area contributed by atoms with E-state index in [1.165, 1.54) is 6.07 Å². The molecule has 196 valence electrons. The molecule has 0 bridgehead atoms. The molecule has 3 heterocycles. The molecule has 35 heavy (non-hydrogen) atoms. The predicted molar refractivity (Wildman–Crippen MR) is 141 cm³/mol. The number of carbonyl (C=O) groups is 1. The fourth-order valence-corrected chi connectivity index (χ4v) is 5.38. The summed E-state index contributed by atoms with van der Waals surface area (Å²) in [4.78, 5) is 22.3. The van der Waals surface area contributed by atoms with E-state index in [0.717, 1.165) is 56.0 Å². The van der Waals surface area contributed by atoms with Crippen molar-refractivity contribution in [2.45, 2.75) is 31.5 Å². The second kappa shape index (κ2) is 13.2. The lowest BCUT2D eigenvalue weighted by atomic mass is 10.1. The van der Waals surface area contributed by atoms with Crippen LogP contribution in [0.4, 0.5) is 18.9 Å². The lowest BCUT2D eigenvalue weighted by Gasteiger charge is -2.36. The molecule has 2 aromatic rings. The molecule has 2 N–H and O–H groups in total. The Morgan fingerprint density at radius 1 is 1.09 bits per heavy atom. The lowest BCUT2D eigenvalue weighted by molar-refractivity contribution is -0.141. The molecular weight excluding hydrogens is 522 g/mol.